The van der Waals surface area contributed by atoms with Gasteiger partial charge in [-0.15, -0.1) is 0 Å². The van der Waals surface area contributed by atoms with E-state index >= 15 is 0 Å². The van der Waals surface area contributed by atoms with Gasteiger partial charge in [0.1, 0.15) is 0 Å². The number of allylic oxidation sites excluding steroid dienone is 1. The molecule has 1 aromatic rings. The van der Waals surface area contributed by atoms with Gasteiger partial charge in [-0.2, -0.15) is 4.39 Å². The Kier molecular flexibility index (Phi) is 2.31. The number of aliphatic imine (C=N–C) groups is 1. The summed E-state index contributed by atoms with van der Waals surface area (Å²) in [5.74, 6) is -0.364. The highest BCUT2D eigenvalue weighted by Gasteiger charge is 2.16. The third kappa shape index (κ3) is 1.77. The van der Waals surface area contributed by atoms with Gasteiger partial charge in [0.15, 0.2) is 0 Å². The summed E-state index contributed by atoms with van der Waals surface area (Å²) >= 11 is 0. The third-order valence-corrected chi connectivity index (χ3v) is 2.59. The number of rotatable bonds is 1. The largest absolute Gasteiger partial charge is 0.399 e. The lowest BCUT2D eigenvalue weighted by atomic mass is 10.0. The molecule has 1 aliphatic heterocycles. The molecule has 0 aliphatic carbocycles. The maximum atomic E-state index is 13.4. The minimum absolute atomic E-state index is 0.364. The number of nitrogen functional groups attached to an aromatic ring is 1. The molecule has 0 atom stereocenters. The second-order valence-electron chi connectivity index (χ2n) is 3.86. The number of halogens is 1. The normalized spacial score (nSPS) is 15.8. The second kappa shape index (κ2) is 3.50. The molecule has 0 radical (unpaired) electrons. The molecule has 1 aliphatic rings. The van der Waals surface area contributed by atoms with Crippen molar-refractivity contribution in [3.8, 4) is 0 Å². The first-order chi connectivity index (χ1) is 7.08. The van der Waals surface area contributed by atoms with Gasteiger partial charge < -0.3 is 5.73 Å². The van der Waals surface area contributed by atoms with Crippen LogP contribution in [0, 0.1) is 6.92 Å². The molecule has 2 rings (SSSR count). The van der Waals surface area contributed by atoms with E-state index in [0.717, 1.165) is 22.5 Å². The average Bonchev–Trinajstić information content (AvgIpc) is 2.50. The fourth-order valence-corrected chi connectivity index (χ4v) is 1.69. The minimum atomic E-state index is -0.364. The van der Waals surface area contributed by atoms with Gasteiger partial charge in [0.2, 0.25) is 5.95 Å². The molecule has 0 bridgehead atoms. The number of aryl methyl sites for hydroxylation is 1. The highest BCUT2D eigenvalue weighted by Crippen LogP contribution is 2.31. The van der Waals surface area contributed by atoms with E-state index in [2.05, 4.69) is 4.99 Å². The summed E-state index contributed by atoms with van der Waals surface area (Å²) in [7, 11) is 0. The number of hydrogen-bond donors (Lipinski definition) is 1. The Hall–Kier alpha value is -1.64. The average molecular weight is 204 g/mol. The van der Waals surface area contributed by atoms with Crippen LogP contribution >= 0.6 is 0 Å². The quantitative estimate of drug-likeness (QED) is 0.554. The first kappa shape index (κ1) is 9.90. The molecule has 15 heavy (non-hydrogen) atoms. The van der Waals surface area contributed by atoms with Gasteiger partial charge in [-0.1, -0.05) is 6.07 Å². The summed E-state index contributed by atoms with van der Waals surface area (Å²) in [5, 5.41) is 0. The molecule has 78 valence electrons. The van der Waals surface area contributed by atoms with E-state index in [9.17, 15) is 4.39 Å². The van der Waals surface area contributed by atoms with Crippen molar-refractivity contribution in [3.05, 3.63) is 35.3 Å². The molecule has 3 heteroatoms. The summed E-state index contributed by atoms with van der Waals surface area (Å²) < 4.78 is 13.4. The predicted molar refractivity (Wildman–Crippen MR) is 61.3 cm³/mol. The first-order valence-corrected chi connectivity index (χ1v) is 4.87. The molecular weight excluding hydrogens is 191 g/mol. The van der Waals surface area contributed by atoms with Crippen molar-refractivity contribution in [1.29, 1.82) is 0 Å². The molecule has 0 amide bonds. The predicted octanol–water partition coefficient (Wildman–Crippen LogP) is 3.08. The zero-order valence-corrected chi connectivity index (χ0v) is 8.84. The molecule has 0 unspecified atom stereocenters. The molecule has 0 aromatic heterocycles. The summed E-state index contributed by atoms with van der Waals surface area (Å²) in [5.41, 5.74) is 9.77. The second-order valence-corrected chi connectivity index (χ2v) is 3.86. The van der Waals surface area contributed by atoms with Crippen molar-refractivity contribution < 1.29 is 4.39 Å². The van der Waals surface area contributed by atoms with Crippen LogP contribution in [0.25, 0.3) is 5.57 Å². The van der Waals surface area contributed by atoms with Crippen molar-refractivity contribution in [1.82, 2.24) is 0 Å². The van der Waals surface area contributed by atoms with Crippen LogP contribution in [-0.4, -0.2) is 5.71 Å². The Morgan fingerprint density at radius 3 is 2.60 bits per heavy atom. The SMILES string of the molecule is CC1=NC(F)=C(c2ccc(N)c(C)c2)C1. The maximum Gasteiger partial charge on any atom is 0.216 e. The summed E-state index contributed by atoms with van der Waals surface area (Å²) in [4.78, 5) is 3.80. The van der Waals surface area contributed by atoms with Crippen molar-refractivity contribution in [2.24, 2.45) is 4.99 Å². The van der Waals surface area contributed by atoms with Gasteiger partial charge in [0, 0.05) is 23.4 Å². The topological polar surface area (TPSA) is 38.4 Å². The van der Waals surface area contributed by atoms with Crippen LogP contribution in [-0.2, 0) is 0 Å². The van der Waals surface area contributed by atoms with Crippen LogP contribution in [0.4, 0.5) is 10.1 Å². The van der Waals surface area contributed by atoms with Crippen LogP contribution in [0.15, 0.2) is 29.1 Å². The zero-order valence-electron chi connectivity index (χ0n) is 8.84. The number of nitrogens with two attached hydrogens (primary N) is 1. The van der Waals surface area contributed by atoms with Crippen molar-refractivity contribution in [2.45, 2.75) is 20.3 Å². The van der Waals surface area contributed by atoms with Crippen LogP contribution in [0.5, 0.6) is 0 Å². The van der Waals surface area contributed by atoms with E-state index in [1.54, 1.807) is 6.07 Å². The van der Waals surface area contributed by atoms with E-state index in [-0.39, 0.29) is 5.95 Å². The number of benzene rings is 1. The molecule has 0 fully saturated rings. The van der Waals surface area contributed by atoms with E-state index < -0.39 is 0 Å². The lowest BCUT2D eigenvalue weighted by Gasteiger charge is -2.05. The molecular formula is C12H13FN2. The van der Waals surface area contributed by atoms with Crippen molar-refractivity contribution >= 4 is 17.0 Å². The van der Waals surface area contributed by atoms with Crippen LogP contribution in [0.3, 0.4) is 0 Å². The van der Waals surface area contributed by atoms with Crippen molar-refractivity contribution in [3.63, 3.8) is 0 Å². The smallest absolute Gasteiger partial charge is 0.216 e. The van der Waals surface area contributed by atoms with E-state index in [4.69, 9.17) is 5.73 Å². The monoisotopic (exact) mass is 204 g/mol. The Bertz CT molecular complexity index is 473. The van der Waals surface area contributed by atoms with Crippen LogP contribution in [0.2, 0.25) is 0 Å². The van der Waals surface area contributed by atoms with Gasteiger partial charge in [-0.05, 0) is 37.1 Å². The summed E-state index contributed by atoms with van der Waals surface area (Å²) in [6, 6.07) is 5.54. The zero-order chi connectivity index (χ0) is 11.0. The lowest BCUT2D eigenvalue weighted by Crippen LogP contribution is -1.93. The molecule has 2 N–H and O–H groups in total. The van der Waals surface area contributed by atoms with E-state index in [1.807, 2.05) is 26.0 Å². The van der Waals surface area contributed by atoms with Gasteiger partial charge in [-0.3, -0.25) is 0 Å². The fourth-order valence-electron chi connectivity index (χ4n) is 1.69. The van der Waals surface area contributed by atoms with Gasteiger partial charge in [0.05, 0.1) is 0 Å². The van der Waals surface area contributed by atoms with E-state index in [0.29, 0.717) is 12.0 Å². The molecule has 1 heterocycles. The number of hydrogen-bond acceptors (Lipinski definition) is 2. The third-order valence-electron chi connectivity index (χ3n) is 2.59. The standard InChI is InChI=1S/C12H13FN2/c1-7-5-9(3-4-11(7)14)10-6-8(2)15-12(10)13/h3-5H,6,14H2,1-2H3. The maximum absolute atomic E-state index is 13.4. The molecule has 2 nitrogen and oxygen atoms in total. The Labute approximate surface area is 88.3 Å². The molecule has 0 saturated carbocycles. The fraction of sp³-hybridized carbons (Fsp3) is 0.250. The van der Waals surface area contributed by atoms with Gasteiger partial charge in [-0.25, -0.2) is 4.99 Å². The summed E-state index contributed by atoms with van der Waals surface area (Å²) in [6.45, 7) is 3.75. The minimum Gasteiger partial charge on any atom is -0.399 e. The highest BCUT2D eigenvalue weighted by molar-refractivity contribution is 5.97. The molecule has 0 spiro atoms. The Morgan fingerprint density at radius 1 is 1.33 bits per heavy atom. The van der Waals surface area contributed by atoms with Crippen LogP contribution in [0.1, 0.15) is 24.5 Å². The van der Waals surface area contributed by atoms with Crippen LogP contribution < -0.4 is 5.73 Å². The summed E-state index contributed by atoms with van der Waals surface area (Å²) in [6.07, 6.45) is 0.592. The Morgan fingerprint density at radius 2 is 2.07 bits per heavy atom. The molecule has 1 aromatic carbocycles. The van der Waals surface area contributed by atoms with Gasteiger partial charge in [0.25, 0.3) is 0 Å². The number of nitrogens with zero attached hydrogens (tertiary/aromatic N) is 1. The Balaban J connectivity index is 2.41. The lowest BCUT2D eigenvalue weighted by molar-refractivity contribution is 0.635. The first-order valence-electron chi connectivity index (χ1n) is 4.87. The highest BCUT2D eigenvalue weighted by atomic mass is 19.1. The molecule has 0 saturated heterocycles. The number of anilines is 1. The van der Waals surface area contributed by atoms with Crippen molar-refractivity contribution in [2.75, 3.05) is 5.73 Å². The van der Waals surface area contributed by atoms with E-state index in [1.165, 1.54) is 0 Å². The van der Waals surface area contributed by atoms with Gasteiger partial charge >= 0.3 is 0 Å².